The Morgan fingerprint density at radius 2 is 0.627 bits per heavy atom. The number of allylic oxidation sites excluding steroid dienone is 2. The van der Waals surface area contributed by atoms with Crippen LogP contribution >= 0.6 is 0 Å². The second-order valence-electron chi connectivity index (χ2n) is 23.9. The second kappa shape index (κ2) is 65.1. The Morgan fingerprint density at radius 1 is 0.360 bits per heavy atom. The van der Waals surface area contributed by atoms with Crippen molar-refractivity contribution >= 4 is 11.9 Å². The predicted octanol–water partition coefficient (Wildman–Crippen LogP) is 22.0. The Hall–Kier alpha value is -1.40. The van der Waals surface area contributed by atoms with Gasteiger partial charge in [0.15, 0.2) is 0 Å². The highest BCUT2D eigenvalue weighted by Gasteiger charge is 2.20. The maximum Gasteiger partial charge on any atom is 0.305 e. The van der Waals surface area contributed by atoms with Crippen LogP contribution in [0, 0.1) is 0 Å². The molecule has 0 bridgehead atoms. The molecule has 0 aliphatic heterocycles. The van der Waals surface area contributed by atoms with Crippen molar-refractivity contribution in [2.75, 3.05) is 13.2 Å². The molecule has 2 unspecified atom stereocenters. The van der Waals surface area contributed by atoms with Crippen molar-refractivity contribution in [1.82, 2.24) is 5.32 Å². The van der Waals surface area contributed by atoms with E-state index in [1.807, 2.05) is 0 Å². The summed E-state index contributed by atoms with van der Waals surface area (Å²) in [6.07, 6.45) is 79.6. The van der Waals surface area contributed by atoms with Gasteiger partial charge in [0.1, 0.15) is 0 Å². The number of aliphatic hydroxyl groups excluding tert-OH is 2. The minimum absolute atomic E-state index is 0.00636. The van der Waals surface area contributed by atoms with Gasteiger partial charge in [-0.1, -0.05) is 341 Å². The van der Waals surface area contributed by atoms with E-state index in [2.05, 4.69) is 31.3 Å². The predicted molar refractivity (Wildman–Crippen MR) is 329 cm³/mol. The lowest BCUT2D eigenvalue weighted by molar-refractivity contribution is -0.143. The van der Waals surface area contributed by atoms with Gasteiger partial charge in [0, 0.05) is 12.8 Å². The number of carbonyl (C=O) groups excluding carboxylic acids is 2. The second-order valence-corrected chi connectivity index (χ2v) is 23.9. The smallest absolute Gasteiger partial charge is 0.305 e. The maximum atomic E-state index is 12.5. The molecule has 0 aliphatic carbocycles. The lowest BCUT2D eigenvalue weighted by Gasteiger charge is -2.22. The topological polar surface area (TPSA) is 95.9 Å². The number of nitrogens with one attached hydrogen (secondary N) is 1. The lowest BCUT2D eigenvalue weighted by atomic mass is 10.0. The first-order chi connectivity index (χ1) is 37.0. The molecule has 0 aromatic heterocycles. The molecule has 0 aliphatic rings. The first-order valence-corrected chi connectivity index (χ1v) is 34.4. The van der Waals surface area contributed by atoms with Gasteiger partial charge in [0.05, 0.1) is 25.4 Å². The van der Waals surface area contributed by atoms with Gasteiger partial charge in [0.2, 0.25) is 5.91 Å². The van der Waals surface area contributed by atoms with Gasteiger partial charge in [-0.15, -0.1) is 0 Å². The maximum absolute atomic E-state index is 12.5. The molecular formula is C69H135NO5. The van der Waals surface area contributed by atoms with Crippen LogP contribution in [0.1, 0.15) is 393 Å². The Balaban J connectivity index is 3.37. The van der Waals surface area contributed by atoms with Gasteiger partial charge in [-0.3, -0.25) is 9.59 Å². The highest BCUT2D eigenvalue weighted by molar-refractivity contribution is 5.76. The molecule has 0 saturated heterocycles. The van der Waals surface area contributed by atoms with Gasteiger partial charge in [-0.05, 0) is 51.4 Å². The quantitative estimate of drug-likeness (QED) is 0.0320. The molecule has 3 N–H and O–H groups in total. The van der Waals surface area contributed by atoms with Crippen LogP contribution in [-0.2, 0) is 14.3 Å². The third kappa shape index (κ3) is 61.7. The molecular weight excluding hydrogens is 923 g/mol. The van der Waals surface area contributed by atoms with E-state index >= 15 is 0 Å². The van der Waals surface area contributed by atoms with E-state index in [4.69, 9.17) is 4.74 Å². The molecule has 0 fully saturated rings. The monoisotopic (exact) mass is 1060 g/mol. The molecule has 0 saturated carbocycles. The van der Waals surface area contributed by atoms with Crippen LogP contribution < -0.4 is 5.32 Å². The van der Waals surface area contributed by atoms with Crippen LogP contribution in [-0.4, -0.2) is 47.4 Å². The molecule has 6 heteroatoms. The summed E-state index contributed by atoms with van der Waals surface area (Å²) in [6.45, 7) is 4.97. The van der Waals surface area contributed by atoms with E-state index in [-0.39, 0.29) is 18.5 Å². The fraction of sp³-hybridized carbons (Fsp3) is 0.942. The number of amides is 1. The van der Waals surface area contributed by atoms with Crippen molar-refractivity contribution < 1.29 is 24.5 Å². The molecule has 0 aromatic rings. The SMILES string of the molecule is CCCCC/C=C\CCCCCCCC(=O)OCCCCCCCCCCCCCCCCCCCCCCCCCCC(=O)NC(CO)C(O)CCCCCCCCCCCCCCCCCCCCCCCC. The molecule has 446 valence electrons. The summed E-state index contributed by atoms with van der Waals surface area (Å²) in [5.41, 5.74) is 0. The Labute approximate surface area is 469 Å². The van der Waals surface area contributed by atoms with E-state index in [1.54, 1.807) is 0 Å². The van der Waals surface area contributed by atoms with Crippen LogP contribution in [0.4, 0.5) is 0 Å². The lowest BCUT2D eigenvalue weighted by Crippen LogP contribution is -2.45. The number of aliphatic hydroxyl groups is 2. The zero-order valence-electron chi connectivity index (χ0n) is 51.1. The van der Waals surface area contributed by atoms with Crippen molar-refractivity contribution in [2.45, 2.75) is 405 Å². The molecule has 0 radical (unpaired) electrons. The van der Waals surface area contributed by atoms with Crippen LogP contribution in [0.2, 0.25) is 0 Å². The molecule has 6 nitrogen and oxygen atoms in total. The zero-order chi connectivity index (χ0) is 54.3. The fourth-order valence-electron chi connectivity index (χ4n) is 11.1. The summed E-state index contributed by atoms with van der Waals surface area (Å²) in [5.74, 6) is -0.0226. The molecule has 0 rings (SSSR count). The Morgan fingerprint density at radius 3 is 0.973 bits per heavy atom. The van der Waals surface area contributed by atoms with Gasteiger partial charge in [0.25, 0.3) is 0 Å². The van der Waals surface area contributed by atoms with Crippen molar-refractivity contribution in [2.24, 2.45) is 0 Å². The van der Waals surface area contributed by atoms with Crippen LogP contribution in [0.25, 0.3) is 0 Å². The van der Waals surface area contributed by atoms with Crippen molar-refractivity contribution in [3.05, 3.63) is 12.2 Å². The summed E-state index contributed by atoms with van der Waals surface area (Å²) in [7, 11) is 0. The first-order valence-electron chi connectivity index (χ1n) is 34.4. The Kier molecular flexibility index (Phi) is 63.9. The normalized spacial score (nSPS) is 12.5. The average molecular weight is 1060 g/mol. The van der Waals surface area contributed by atoms with Gasteiger partial charge >= 0.3 is 5.97 Å². The molecule has 0 heterocycles. The molecule has 1 amide bonds. The van der Waals surface area contributed by atoms with Gasteiger partial charge in [-0.25, -0.2) is 0 Å². The number of carbonyl (C=O) groups is 2. The van der Waals surface area contributed by atoms with Gasteiger partial charge in [-0.2, -0.15) is 0 Å². The summed E-state index contributed by atoms with van der Waals surface area (Å²) in [6, 6.07) is -0.541. The standard InChI is InChI=1S/C69H135NO5/c1-3-5-7-9-11-13-15-17-18-19-20-21-26-29-32-35-38-41-45-49-53-57-61-67(72)66(65-71)70-68(73)62-58-54-50-46-42-39-36-33-30-27-24-22-23-25-28-31-34-37-40-44-48-52-56-60-64-75-69(74)63-59-55-51-47-43-16-14-12-10-8-6-4-2/h12,14,66-67,71-72H,3-11,13,15-65H2,1-2H3,(H,70,73)/b14-12-. The van der Waals surface area contributed by atoms with E-state index < -0.39 is 12.1 Å². The highest BCUT2D eigenvalue weighted by Crippen LogP contribution is 2.19. The highest BCUT2D eigenvalue weighted by atomic mass is 16.5. The number of hydrogen-bond donors (Lipinski definition) is 3. The largest absolute Gasteiger partial charge is 0.466 e. The van der Waals surface area contributed by atoms with Crippen molar-refractivity contribution in [3.63, 3.8) is 0 Å². The number of hydrogen-bond acceptors (Lipinski definition) is 5. The number of ether oxygens (including phenoxy) is 1. The zero-order valence-corrected chi connectivity index (χ0v) is 51.1. The summed E-state index contributed by atoms with van der Waals surface area (Å²) >= 11 is 0. The number of unbranched alkanes of at least 4 members (excludes halogenated alkanes) is 52. The first kappa shape index (κ1) is 73.6. The van der Waals surface area contributed by atoms with E-state index in [0.717, 1.165) is 44.9 Å². The Bertz CT molecular complexity index is 1130. The van der Waals surface area contributed by atoms with Gasteiger partial charge < -0.3 is 20.3 Å². The van der Waals surface area contributed by atoms with Crippen molar-refractivity contribution in [3.8, 4) is 0 Å². The molecule has 75 heavy (non-hydrogen) atoms. The van der Waals surface area contributed by atoms with Crippen LogP contribution in [0.3, 0.4) is 0 Å². The minimum Gasteiger partial charge on any atom is -0.466 e. The number of esters is 1. The van der Waals surface area contributed by atoms with Crippen LogP contribution in [0.15, 0.2) is 12.2 Å². The summed E-state index contributed by atoms with van der Waals surface area (Å²) < 4.78 is 5.47. The molecule has 0 aromatic carbocycles. The fourth-order valence-corrected chi connectivity index (χ4v) is 11.1. The summed E-state index contributed by atoms with van der Waals surface area (Å²) in [4.78, 5) is 24.6. The van der Waals surface area contributed by atoms with Crippen molar-refractivity contribution in [1.29, 1.82) is 0 Å². The third-order valence-electron chi connectivity index (χ3n) is 16.3. The minimum atomic E-state index is -0.664. The summed E-state index contributed by atoms with van der Waals surface area (Å²) in [5, 5.41) is 23.4. The average Bonchev–Trinajstić information content (AvgIpc) is 3.41. The van der Waals surface area contributed by atoms with E-state index in [9.17, 15) is 19.8 Å². The molecule has 0 spiro atoms. The van der Waals surface area contributed by atoms with Crippen LogP contribution in [0.5, 0.6) is 0 Å². The molecule has 2 atom stereocenters. The van der Waals surface area contributed by atoms with E-state index in [0.29, 0.717) is 25.9 Å². The third-order valence-corrected chi connectivity index (χ3v) is 16.3. The van der Waals surface area contributed by atoms with E-state index in [1.165, 1.54) is 315 Å². The number of rotatable bonds is 65.